The molecule has 1 aliphatic carbocycles. The minimum absolute atomic E-state index is 0.0359. The van der Waals surface area contributed by atoms with E-state index in [1.807, 2.05) is 50.3 Å². The second kappa shape index (κ2) is 7.06. The van der Waals surface area contributed by atoms with Crippen LogP contribution in [-0.2, 0) is 0 Å². The van der Waals surface area contributed by atoms with Crippen LogP contribution in [0.2, 0.25) is 0 Å². The summed E-state index contributed by atoms with van der Waals surface area (Å²) in [5.74, 6) is 0.182. The second-order valence-electron chi connectivity index (χ2n) is 6.82. The van der Waals surface area contributed by atoms with Gasteiger partial charge >= 0.3 is 0 Å². The van der Waals surface area contributed by atoms with E-state index in [9.17, 15) is 4.79 Å². The van der Waals surface area contributed by atoms with Gasteiger partial charge in [-0.1, -0.05) is 66.8 Å². The SMILES string of the molecule is C=C(c1ccccc1)c1cc(C)c(C(=O)C2CC=CC=C2C)cc1C. The van der Waals surface area contributed by atoms with Gasteiger partial charge in [-0.05, 0) is 61.1 Å². The van der Waals surface area contributed by atoms with Gasteiger partial charge in [0.05, 0.1) is 0 Å². The van der Waals surface area contributed by atoms with E-state index in [0.29, 0.717) is 0 Å². The van der Waals surface area contributed by atoms with Crippen molar-refractivity contribution in [1.82, 2.24) is 0 Å². The molecule has 3 rings (SSSR count). The Morgan fingerprint density at radius 3 is 2.32 bits per heavy atom. The highest BCUT2D eigenvalue weighted by molar-refractivity contribution is 6.01. The summed E-state index contributed by atoms with van der Waals surface area (Å²) in [5.41, 5.74) is 7.30. The Balaban J connectivity index is 1.96. The molecule has 1 nitrogen and oxygen atoms in total. The number of Topliss-reactive ketones (excluding diaryl/α,β-unsaturated/α-hetero) is 1. The zero-order valence-corrected chi connectivity index (χ0v) is 15.2. The van der Waals surface area contributed by atoms with E-state index in [4.69, 9.17) is 0 Å². The van der Waals surface area contributed by atoms with Crippen molar-refractivity contribution in [3.63, 3.8) is 0 Å². The van der Waals surface area contributed by atoms with Crippen molar-refractivity contribution in [3.8, 4) is 0 Å². The molecule has 0 N–H and O–H groups in total. The Kier molecular flexibility index (Phi) is 4.85. The molecule has 0 radical (unpaired) electrons. The van der Waals surface area contributed by atoms with Gasteiger partial charge in [0.25, 0.3) is 0 Å². The average molecular weight is 328 g/mol. The van der Waals surface area contributed by atoms with Gasteiger partial charge in [-0.2, -0.15) is 0 Å². The van der Waals surface area contributed by atoms with Crippen molar-refractivity contribution < 1.29 is 4.79 Å². The van der Waals surface area contributed by atoms with Crippen molar-refractivity contribution in [2.45, 2.75) is 27.2 Å². The molecule has 1 aliphatic rings. The lowest BCUT2D eigenvalue weighted by atomic mass is 9.83. The highest BCUT2D eigenvalue weighted by Gasteiger charge is 2.24. The van der Waals surface area contributed by atoms with Crippen LogP contribution in [0, 0.1) is 19.8 Å². The molecule has 0 bridgehead atoms. The third kappa shape index (κ3) is 3.41. The number of ketones is 1. The molecule has 0 aromatic heterocycles. The largest absolute Gasteiger partial charge is 0.293 e. The van der Waals surface area contributed by atoms with Crippen LogP contribution in [-0.4, -0.2) is 5.78 Å². The topological polar surface area (TPSA) is 17.1 Å². The van der Waals surface area contributed by atoms with Gasteiger partial charge in [0.15, 0.2) is 5.78 Å². The van der Waals surface area contributed by atoms with Crippen LogP contribution < -0.4 is 0 Å². The van der Waals surface area contributed by atoms with Crippen LogP contribution in [0.15, 0.2) is 72.8 Å². The summed E-state index contributed by atoms with van der Waals surface area (Å²) in [4.78, 5) is 13.0. The molecule has 1 heteroatoms. The first-order valence-electron chi connectivity index (χ1n) is 8.72. The monoisotopic (exact) mass is 328 g/mol. The number of benzene rings is 2. The molecule has 1 atom stereocenters. The van der Waals surface area contributed by atoms with Crippen LogP contribution in [0.25, 0.3) is 5.57 Å². The Morgan fingerprint density at radius 1 is 1.00 bits per heavy atom. The summed E-state index contributed by atoms with van der Waals surface area (Å²) in [6, 6.07) is 14.3. The average Bonchev–Trinajstić information content (AvgIpc) is 2.63. The van der Waals surface area contributed by atoms with Crippen LogP contribution in [0.5, 0.6) is 0 Å². The molecule has 2 aromatic rings. The predicted molar refractivity (Wildman–Crippen MR) is 106 cm³/mol. The molecule has 0 amide bonds. The van der Waals surface area contributed by atoms with E-state index in [0.717, 1.165) is 45.4 Å². The fourth-order valence-corrected chi connectivity index (χ4v) is 3.44. The Morgan fingerprint density at radius 2 is 1.64 bits per heavy atom. The highest BCUT2D eigenvalue weighted by atomic mass is 16.1. The maximum absolute atomic E-state index is 13.0. The maximum Gasteiger partial charge on any atom is 0.170 e. The van der Waals surface area contributed by atoms with Gasteiger partial charge in [-0.3, -0.25) is 4.79 Å². The molecule has 0 saturated carbocycles. The van der Waals surface area contributed by atoms with Crippen LogP contribution in [0.1, 0.15) is 46.0 Å². The van der Waals surface area contributed by atoms with Gasteiger partial charge in [-0.25, -0.2) is 0 Å². The van der Waals surface area contributed by atoms with Crippen molar-refractivity contribution in [2.24, 2.45) is 5.92 Å². The van der Waals surface area contributed by atoms with Crippen molar-refractivity contribution >= 4 is 11.4 Å². The zero-order chi connectivity index (χ0) is 18.0. The Hall–Kier alpha value is -2.67. The summed E-state index contributed by atoms with van der Waals surface area (Å²) >= 11 is 0. The number of rotatable bonds is 4. The lowest BCUT2D eigenvalue weighted by molar-refractivity contribution is 0.0939. The van der Waals surface area contributed by atoms with Crippen LogP contribution >= 0.6 is 0 Å². The summed E-state index contributed by atoms with van der Waals surface area (Å²) in [6.07, 6.45) is 6.94. The summed E-state index contributed by atoms with van der Waals surface area (Å²) < 4.78 is 0. The standard InChI is InChI=1S/C24H24O/c1-16-10-8-9-13-21(16)24(25)23-15-17(2)22(14-18(23)3)19(4)20-11-6-5-7-12-20/h5-12,14-15,21H,4,13H2,1-3H3. The number of hydrogen-bond donors (Lipinski definition) is 0. The van der Waals surface area contributed by atoms with E-state index in [1.165, 1.54) is 0 Å². The fraction of sp³-hybridized carbons (Fsp3) is 0.208. The number of allylic oxidation sites excluding steroid dienone is 4. The molecule has 126 valence electrons. The van der Waals surface area contributed by atoms with E-state index < -0.39 is 0 Å². The lowest BCUT2D eigenvalue weighted by Gasteiger charge is -2.20. The van der Waals surface area contributed by atoms with Crippen molar-refractivity contribution in [3.05, 3.63) is 101 Å². The summed E-state index contributed by atoms with van der Waals surface area (Å²) in [7, 11) is 0. The van der Waals surface area contributed by atoms with Crippen molar-refractivity contribution in [1.29, 1.82) is 0 Å². The van der Waals surface area contributed by atoms with Crippen LogP contribution in [0.4, 0.5) is 0 Å². The molecule has 0 saturated heterocycles. The smallest absolute Gasteiger partial charge is 0.170 e. The first-order chi connectivity index (χ1) is 12.0. The van der Waals surface area contributed by atoms with Gasteiger partial charge in [0, 0.05) is 11.5 Å². The molecule has 0 fully saturated rings. The van der Waals surface area contributed by atoms with E-state index in [2.05, 4.69) is 37.8 Å². The quantitative estimate of drug-likeness (QED) is 0.622. The molecule has 1 unspecified atom stereocenters. The predicted octanol–water partition coefficient (Wildman–Crippen LogP) is 6.07. The normalized spacial score (nSPS) is 16.4. The molecule has 25 heavy (non-hydrogen) atoms. The van der Waals surface area contributed by atoms with Gasteiger partial charge in [0.1, 0.15) is 0 Å². The fourth-order valence-electron chi connectivity index (χ4n) is 3.44. The van der Waals surface area contributed by atoms with Gasteiger partial charge in [-0.15, -0.1) is 0 Å². The minimum atomic E-state index is -0.0359. The number of carbonyl (C=O) groups excluding carboxylic acids is 1. The minimum Gasteiger partial charge on any atom is -0.293 e. The Bertz CT molecular complexity index is 882. The molecular formula is C24H24O. The third-order valence-electron chi connectivity index (χ3n) is 5.02. The second-order valence-corrected chi connectivity index (χ2v) is 6.82. The maximum atomic E-state index is 13.0. The number of carbonyl (C=O) groups is 1. The first kappa shape index (κ1) is 17.2. The van der Waals surface area contributed by atoms with E-state index in [-0.39, 0.29) is 11.7 Å². The number of aryl methyl sites for hydroxylation is 2. The molecule has 2 aromatic carbocycles. The van der Waals surface area contributed by atoms with E-state index >= 15 is 0 Å². The summed E-state index contributed by atoms with van der Waals surface area (Å²) in [6.45, 7) is 10.4. The highest BCUT2D eigenvalue weighted by Crippen LogP contribution is 2.30. The van der Waals surface area contributed by atoms with Crippen LogP contribution in [0.3, 0.4) is 0 Å². The third-order valence-corrected chi connectivity index (χ3v) is 5.02. The molecular weight excluding hydrogens is 304 g/mol. The molecule has 0 aliphatic heterocycles. The van der Waals surface area contributed by atoms with E-state index in [1.54, 1.807) is 0 Å². The molecule has 0 spiro atoms. The summed E-state index contributed by atoms with van der Waals surface area (Å²) in [5, 5.41) is 0. The Labute approximate surface area is 150 Å². The molecule has 0 heterocycles. The van der Waals surface area contributed by atoms with Crippen molar-refractivity contribution in [2.75, 3.05) is 0 Å². The lowest BCUT2D eigenvalue weighted by Crippen LogP contribution is -2.18. The number of hydrogen-bond acceptors (Lipinski definition) is 1. The first-order valence-corrected chi connectivity index (χ1v) is 8.72. The van der Waals surface area contributed by atoms with Gasteiger partial charge < -0.3 is 0 Å². The van der Waals surface area contributed by atoms with Gasteiger partial charge in [0.2, 0.25) is 0 Å². The zero-order valence-electron chi connectivity index (χ0n) is 15.2.